The molecule has 0 saturated carbocycles. The summed E-state index contributed by atoms with van der Waals surface area (Å²) in [6.45, 7) is 0.0658. The van der Waals surface area contributed by atoms with E-state index >= 15 is 0 Å². The van der Waals surface area contributed by atoms with Gasteiger partial charge in [-0.25, -0.2) is 8.78 Å². The lowest BCUT2D eigenvalue weighted by molar-refractivity contribution is -0.119. The lowest BCUT2D eigenvalue weighted by atomic mass is 9.93. The lowest BCUT2D eigenvalue weighted by Gasteiger charge is -2.19. The van der Waals surface area contributed by atoms with Gasteiger partial charge in [-0.15, -0.1) is 5.10 Å². The first-order valence-electron chi connectivity index (χ1n) is 8.53. The number of benzene rings is 2. The Morgan fingerprint density at radius 2 is 1.89 bits per heavy atom. The van der Waals surface area contributed by atoms with Crippen LogP contribution in [0.2, 0.25) is 0 Å². The molecule has 0 spiro atoms. The van der Waals surface area contributed by atoms with Crippen LogP contribution < -0.4 is 15.4 Å². The summed E-state index contributed by atoms with van der Waals surface area (Å²) in [4.78, 5) is 12.3. The van der Waals surface area contributed by atoms with E-state index in [1.165, 1.54) is 7.11 Å². The number of ether oxygens (including phenoxy) is 1. The minimum Gasteiger partial charge on any atom is -0.497 e. The quantitative estimate of drug-likeness (QED) is 0.701. The van der Waals surface area contributed by atoms with Gasteiger partial charge in [-0.3, -0.25) is 4.79 Å². The Bertz CT molecular complexity index is 986. The Morgan fingerprint density at radius 1 is 1.18 bits per heavy atom. The molecule has 7 nitrogen and oxygen atoms in total. The van der Waals surface area contributed by atoms with Crippen molar-refractivity contribution in [3.05, 3.63) is 59.7 Å². The number of methoxy groups -OCH3 is 1. The Kier molecular flexibility index (Phi) is 4.64. The van der Waals surface area contributed by atoms with Crippen LogP contribution >= 0.6 is 0 Å². The number of halogens is 2. The molecule has 28 heavy (non-hydrogen) atoms. The number of aromatic nitrogens is 2. The Balaban J connectivity index is 1.61. The molecule has 0 radical (unpaired) electrons. The number of anilines is 1. The Morgan fingerprint density at radius 3 is 2.57 bits per heavy atom. The van der Waals surface area contributed by atoms with Gasteiger partial charge in [-0.2, -0.15) is 0 Å². The fourth-order valence-corrected chi connectivity index (χ4v) is 3.20. The smallest absolute Gasteiger partial charge is 0.316 e. The van der Waals surface area contributed by atoms with Crippen LogP contribution in [0, 0.1) is 11.6 Å². The van der Waals surface area contributed by atoms with E-state index in [1.54, 1.807) is 12.1 Å². The van der Waals surface area contributed by atoms with Crippen LogP contribution in [-0.4, -0.2) is 35.8 Å². The van der Waals surface area contributed by atoms with Gasteiger partial charge in [0.15, 0.2) is 0 Å². The lowest BCUT2D eigenvalue weighted by Crippen LogP contribution is -2.33. The number of rotatable bonds is 5. The van der Waals surface area contributed by atoms with Gasteiger partial charge in [0.2, 0.25) is 11.8 Å². The van der Waals surface area contributed by atoms with Crippen molar-refractivity contribution in [3.63, 3.8) is 0 Å². The van der Waals surface area contributed by atoms with Crippen molar-refractivity contribution in [2.75, 3.05) is 19.0 Å². The zero-order valence-corrected chi connectivity index (χ0v) is 14.8. The zero-order valence-electron chi connectivity index (χ0n) is 14.8. The summed E-state index contributed by atoms with van der Waals surface area (Å²) < 4.78 is 39.4. The third-order valence-electron chi connectivity index (χ3n) is 4.56. The van der Waals surface area contributed by atoms with E-state index in [1.807, 2.05) is 18.2 Å². The topological polar surface area (TPSA) is 89.3 Å². The first-order chi connectivity index (χ1) is 13.6. The highest BCUT2D eigenvalue weighted by Crippen LogP contribution is 2.33. The van der Waals surface area contributed by atoms with Crippen LogP contribution in [0.1, 0.15) is 11.5 Å². The number of nitrogens with one attached hydrogen (secondary N) is 2. The van der Waals surface area contributed by atoms with Gasteiger partial charge in [-0.05, 0) is 12.1 Å². The Labute approximate surface area is 158 Å². The predicted molar refractivity (Wildman–Crippen MR) is 95.8 cm³/mol. The van der Waals surface area contributed by atoms with Crippen LogP contribution in [0.4, 0.5) is 14.8 Å². The van der Waals surface area contributed by atoms with E-state index in [0.29, 0.717) is 5.56 Å². The molecule has 1 fully saturated rings. The van der Waals surface area contributed by atoms with Crippen LogP contribution in [0.3, 0.4) is 0 Å². The highest BCUT2D eigenvalue weighted by molar-refractivity contribution is 5.88. The molecule has 2 N–H and O–H groups in total. The maximum Gasteiger partial charge on any atom is 0.316 e. The highest BCUT2D eigenvalue weighted by Gasteiger charge is 2.40. The minimum absolute atomic E-state index is 0.0137. The first kappa shape index (κ1) is 17.9. The SMILES string of the molecule is COc1cc(F)c(C2CNC(=O)C2Nc2nnc(-c3ccccc3)o2)c(F)c1. The average molecular weight is 386 g/mol. The third kappa shape index (κ3) is 3.26. The molecule has 1 aliphatic heterocycles. The van der Waals surface area contributed by atoms with E-state index in [9.17, 15) is 13.6 Å². The molecule has 9 heteroatoms. The van der Waals surface area contributed by atoms with Crippen LogP contribution in [0.5, 0.6) is 5.75 Å². The molecule has 144 valence electrons. The van der Waals surface area contributed by atoms with Crippen molar-refractivity contribution in [1.29, 1.82) is 0 Å². The van der Waals surface area contributed by atoms with Crippen molar-refractivity contribution in [2.45, 2.75) is 12.0 Å². The van der Waals surface area contributed by atoms with Gasteiger partial charge in [0.1, 0.15) is 23.4 Å². The highest BCUT2D eigenvalue weighted by atomic mass is 19.1. The zero-order chi connectivity index (χ0) is 19.7. The maximum atomic E-state index is 14.5. The van der Waals surface area contributed by atoms with Crippen LogP contribution in [-0.2, 0) is 4.79 Å². The van der Waals surface area contributed by atoms with E-state index < -0.39 is 29.5 Å². The van der Waals surface area contributed by atoms with Gasteiger partial charge < -0.3 is 19.8 Å². The van der Waals surface area contributed by atoms with Gasteiger partial charge >= 0.3 is 6.01 Å². The van der Waals surface area contributed by atoms with Crippen molar-refractivity contribution < 1.29 is 22.7 Å². The fraction of sp³-hybridized carbons (Fsp3) is 0.211. The third-order valence-corrected chi connectivity index (χ3v) is 4.56. The molecule has 2 unspecified atom stereocenters. The van der Waals surface area contributed by atoms with Crippen molar-refractivity contribution in [3.8, 4) is 17.2 Å². The van der Waals surface area contributed by atoms with Crippen LogP contribution in [0.15, 0.2) is 46.9 Å². The molecule has 3 aromatic rings. The summed E-state index contributed by atoms with van der Waals surface area (Å²) in [5.74, 6) is -2.48. The fourth-order valence-electron chi connectivity index (χ4n) is 3.20. The summed E-state index contributed by atoms with van der Waals surface area (Å²) >= 11 is 0. The normalized spacial score (nSPS) is 18.8. The number of carbonyl (C=O) groups is 1. The van der Waals surface area contributed by atoms with E-state index in [4.69, 9.17) is 9.15 Å². The molecule has 1 amide bonds. The van der Waals surface area contributed by atoms with Crippen molar-refractivity contribution in [1.82, 2.24) is 15.5 Å². The van der Waals surface area contributed by atoms with Crippen molar-refractivity contribution >= 4 is 11.9 Å². The second kappa shape index (κ2) is 7.26. The maximum absolute atomic E-state index is 14.5. The van der Waals surface area contributed by atoms with E-state index in [2.05, 4.69) is 20.8 Å². The standard InChI is InChI=1S/C19H16F2N4O3/c1-27-11-7-13(20)15(14(21)8-11)12-9-22-17(26)16(12)23-19-25-24-18(28-19)10-5-3-2-4-6-10/h2-8,12,16H,9H2,1H3,(H,22,26)(H,23,25). The predicted octanol–water partition coefficient (Wildman–Crippen LogP) is 2.72. The molecule has 1 aliphatic rings. The van der Waals surface area contributed by atoms with Gasteiger partial charge in [0.25, 0.3) is 0 Å². The molecule has 1 saturated heterocycles. The molecule has 0 aliphatic carbocycles. The number of carbonyl (C=O) groups excluding carboxylic acids is 1. The molecule has 0 bridgehead atoms. The minimum atomic E-state index is -0.971. The molecule has 2 atom stereocenters. The second-order valence-corrected chi connectivity index (χ2v) is 6.26. The number of amides is 1. The summed E-state index contributed by atoms with van der Waals surface area (Å²) in [6.07, 6.45) is 0. The summed E-state index contributed by atoms with van der Waals surface area (Å²) in [5, 5.41) is 13.2. The first-order valence-corrected chi connectivity index (χ1v) is 8.53. The molecular weight excluding hydrogens is 370 g/mol. The number of hydrogen-bond acceptors (Lipinski definition) is 6. The summed E-state index contributed by atoms with van der Waals surface area (Å²) in [6, 6.07) is 10.3. The average Bonchev–Trinajstić information content (AvgIpc) is 3.30. The second-order valence-electron chi connectivity index (χ2n) is 6.26. The Hall–Kier alpha value is -3.49. The summed E-state index contributed by atoms with van der Waals surface area (Å²) in [7, 11) is 1.32. The molecule has 2 aromatic carbocycles. The molecule has 4 rings (SSSR count). The van der Waals surface area contributed by atoms with Crippen molar-refractivity contribution in [2.24, 2.45) is 0 Å². The van der Waals surface area contributed by atoms with Gasteiger partial charge in [0, 0.05) is 35.7 Å². The molecular formula is C19H16F2N4O3. The molecule has 1 aromatic heterocycles. The van der Waals surface area contributed by atoms with E-state index in [-0.39, 0.29) is 29.8 Å². The van der Waals surface area contributed by atoms with Gasteiger partial charge in [0.05, 0.1) is 7.11 Å². The van der Waals surface area contributed by atoms with Gasteiger partial charge in [-0.1, -0.05) is 23.3 Å². The monoisotopic (exact) mass is 386 g/mol. The molecule has 2 heterocycles. The van der Waals surface area contributed by atoms with E-state index in [0.717, 1.165) is 12.1 Å². The largest absolute Gasteiger partial charge is 0.497 e. The number of hydrogen-bond donors (Lipinski definition) is 2. The number of nitrogens with zero attached hydrogens (tertiary/aromatic N) is 2. The van der Waals surface area contributed by atoms with Crippen LogP contribution in [0.25, 0.3) is 11.5 Å². The summed E-state index contributed by atoms with van der Waals surface area (Å²) in [5.41, 5.74) is 0.502.